The normalized spacial score (nSPS) is 13.8. The summed E-state index contributed by atoms with van der Waals surface area (Å²) < 4.78 is 37.5. The van der Waals surface area contributed by atoms with Gasteiger partial charge in [-0.05, 0) is 23.6 Å². The van der Waals surface area contributed by atoms with Crippen LogP contribution in [0.2, 0.25) is 0 Å². The zero-order valence-corrected chi connectivity index (χ0v) is 7.71. The Hall–Kier alpha value is -1.96. The van der Waals surface area contributed by atoms with Gasteiger partial charge in [-0.2, -0.15) is 0 Å². The first-order valence-electron chi connectivity index (χ1n) is 6.04. The summed E-state index contributed by atoms with van der Waals surface area (Å²) in [6.07, 6.45) is 1.51. The highest BCUT2D eigenvalue weighted by Crippen LogP contribution is 2.25. The highest BCUT2D eigenvalue weighted by Gasteiger charge is 2.05. The van der Waals surface area contributed by atoms with Crippen molar-refractivity contribution in [3.05, 3.63) is 54.4 Å². The summed E-state index contributed by atoms with van der Waals surface area (Å²) in [7, 11) is 0. The smallest absolute Gasteiger partial charge is 0.133 e. The van der Waals surface area contributed by atoms with E-state index in [2.05, 4.69) is 4.98 Å². The zero-order valence-electron chi connectivity index (χ0n) is 10.7. The van der Waals surface area contributed by atoms with Crippen molar-refractivity contribution in [2.45, 2.75) is 0 Å². The second-order valence-electron chi connectivity index (χ2n) is 3.21. The van der Waals surface area contributed by atoms with Gasteiger partial charge in [0.15, 0.2) is 0 Å². The van der Waals surface area contributed by atoms with Crippen LogP contribution < -0.4 is 0 Å². The van der Waals surface area contributed by atoms with E-state index in [9.17, 15) is 4.39 Å². The lowest BCUT2D eigenvalue weighted by Gasteiger charge is -2.03. The molecule has 1 heterocycles. The second-order valence-corrected chi connectivity index (χ2v) is 3.21. The minimum absolute atomic E-state index is 0.0393. The Morgan fingerprint density at radius 2 is 2.00 bits per heavy atom. The molecule has 1 nitrogen and oxygen atoms in total. The molecule has 15 heavy (non-hydrogen) atoms. The predicted molar refractivity (Wildman–Crippen MR) is 59.2 cm³/mol. The van der Waals surface area contributed by atoms with E-state index in [1.807, 2.05) is 0 Å². The maximum atomic E-state index is 14.1. The molecule has 3 rings (SSSR count). The third-order valence-electron chi connectivity index (χ3n) is 2.30. The van der Waals surface area contributed by atoms with Gasteiger partial charge in [0.25, 0.3) is 0 Å². The summed E-state index contributed by atoms with van der Waals surface area (Å²) >= 11 is 0. The molecule has 2 aromatic carbocycles. The van der Waals surface area contributed by atoms with Gasteiger partial charge in [-0.25, -0.2) is 4.39 Å². The van der Waals surface area contributed by atoms with Crippen molar-refractivity contribution < 1.29 is 8.50 Å². The van der Waals surface area contributed by atoms with Crippen molar-refractivity contribution in [2.24, 2.45) is 0 Å². The second kappa shape index (κ2) is 3.02. The number of nitrogens with zero attached hydrogens (tertiary/aromatic N) is 1. The number of halogens is 1. The molecule has 0 unspecified atom stereocenters. The van der Waals surface area contributed by atoms with E-state index >= 15 is 0 Å². The zero-order chi connectivity index (χ0) is 12.9. The molecule has 0 spiro atoms. The third-order valence-corrected chi connectivity index (χ3v) is 2.30. The summed E-state index contributed by atoms with van der Waals surface area (Å²) in [6, 6.07) is 5.84. The maximum absolute atomic E-state index is 14.1. The van der Waals surface area contributed by atoms with E-state index < -0.39 is 5.82 Å². The number of hydrogen-bond acceptors (Lipinski definition) is 1. The number of aromatic nitrogens is 1. The van der Waals surface area contributed by atoms with Crippen LogP contribution >= 0.6 is 0 Å². The highest BCUT2D eigenvalue weighted by atomic mass is 19.1. The summed E-state index contributed by atoms with van der Waals surface area (Å²) in [5.74, 6) is -0.690. The van der Waals surface area contributed by atoms with Crippen LogP contribution in [0, 0.1) is 5.82 Å². The molecule has 0 saturated heterocycles. The van der Waals surface area contributed by atoms with Gasteiger partial charge in [0.2, 0.25) is 0 Å². The standard InChI is InChI=1S/C13H8FN/c14-12-8-9-4-1-2-5-10(9)13-11(12)6-3-7-15-13/h1-8H/i4D,5D,8D. The first-order chi connectivity index (χ1) is 8.61. The van der Waals surface area contributed by atoms with Crippen LogP contribution in [0.5, 0.6) is 0 Å². The fraction of sp³-hybridized carbons (Fsp3) is 0. The molecular weight excluding hydrogens is 189 g/mol. The van der Waals surface area contributed by atoms with Crippen LogP contribution in [0.4, 0.5) is 4.39 Å². The Balaban J connectivity index is 2.74. The van der Waals surface area contributed by atoms with Gasteiger partial charge in [-0.3, -0.25) is 4.98 Å². The van der Waals surface area contributed by atoms with Crippen LogP contribution in [0.25, 0.3) is 21.7 Å². The lowest BCUT2D eigenvalue weighted by atomic mass is 10.1. The summed E-state index contributed by atoms with van der Waals surface area (Å²) in [5, 5.41) is 0.727. The van der Waals surface area contributed by atoms with Crippen molar-refractivity contribution >= 4 is 21.7 Å². The topological polar surface area (TPSA) is 12.9 Å². The molecule has 0 atom stereocenters. The average molecular weight is 200 g/mol. The number of fused-ring (bicyclic) bond motifs is 3. The average Bonchev–Trinajstić information content (AvgIpc) is 2.38. The number of pyridine rings is 1. The maximum Gasteiger partial charge on any atom is 0.133 e. The molecule has 0 fully saturated rings. The van der Waals surface area contributed by atoms with Crippen molar-refractivity contribution in [1.29, 1.82) is 0 Å². The van der Waals surface area contributed by atoms with Crippen molar-refractivity contribution in [1.82, 2.24) is 4.98 Å². The Kier molecular flexibility index (Phi) is 1.17. The van der Waals surface area contributed by atoms with E-state index in [1.54, 1.807) is 6.07 Å². The van der Waals surface area contributed by atoms with E-state index in [0.29, 0.717) is 10.9 Å². The van der Waals surface area contributed by atoms with Gasteiger partial charge in [0.1, 0.15) is 5.82 Å². The monoisotopic (exact) mass is 200 g/mol. The van der Waals surface area contributed by atoms with E-state index in [-0.39, 0.29) is 28.9 Å². The van der Waals surface area contributed by atoms with Gasteiger partial charge in [0, 0.05) is 17.0 Å². The molecule has 0 amide bonds. The van der Waals surface area contributed by atoms with Crippen LogP contribution in [-0.4, -0.2) is 4.98 Å². The van der Waals surface area contributed by atoms with Gasteiger partial charge in [-0.1, -0.05) is 24.2 Å². The van der Waals surface area contributed by atoms with Crippen LogP contribution in [0.1, 0.15) is 4.11 Å². The third kappa shape index (κ3) is 1.18. The van der Waals surface area contributed by atoms with Crippen LogP contribution in [0.3, 0.4) is 0 Å². The molecule has 0 bridgehead atoms. The van der Waals surface area contributed by atoms with Gasteiger partial charge < -0.3 is 0 Å². The van der Waals surface area contributed by atoms with E-state index in [4.69, 9.17) is 4.11 Å². The summed E-state index contributed by atoms with van der Waals surface area (Å²) in [6.45, 7) is 0. The Bertz CT molecular complexity index is 786. The molecule has 3 aromatic rings. The SMILES string of the molecule is [2H]c1ccc([2H])c2c1c([2H])c(F)c1cccnc12. The van der Waals surface area contributed by atoms with E-state index in [0.717, 1.165) is 0 Å². The molecule has 0 aliphatic heterocycles. The molecule has 0 aliphatic carbocycles. The molecule has 0 N–H and O–H groups in total. The van der Waals surface area contributed by atoms with E-state index in [1.165, 1.54) is 24.4 Å². The number of hydrogen-bond donors (Lipinski definition) is 0. The molecular formula is C13H8FN. The number of benzene rings is 2. The lowest BCUT2D eigenvalue weighted by Crippen LogP contribution is -1.85. The Morgan fingerprint density at radius 3 is 2.93 bits per heavy atom. The minimum Gasteiger partial charge on any atom is -0.255 e. The molecule has 0 saturated carbocycles. The minimum atomic E-state index is -0.690. The lowest BCUT2D eigenvalue weighted by molar-refractivity contribution is 0.641. The first kappa shape index (κ1) is 5.81. The quantitative estimate of drug-likeness (QED) is 0.506. The fourth-order valence-electron chi connectivity index (χ4n) is 1.64. The Morgan fingerprint density at radius 1 is 1.13 bits per heavy atom. The first-order valence-corrected chi connectivity index (χ1v) is 4.54. The molecule has 0 radical (unpaired) electrons. The van der Waals surface area contributed by atoms with Crippen molar-refractivity contribution in [3.63, 3.8) is 0 Å². The summed E-state index contributed by atoms with van der Waals surface area (Å²) in [5.41, 5.74) is 0.333. The number of rotatable bonds is 0. The predicted octanol–water partition coefficient (Wildman–Crippen LogP) is 3.53. The van der Waals surface area contributed by atoms with Crippen molar-refractivity contribution in [2.75, 3.05) is 0 Å². The molecule has 1 aromatic heterocycles. The highest BCUT2D eigenvalue weighted by molar-refractivity contribution is 6.05. The molecule has 2 heteroatoms. The largest absolute Gasteiger partial charge is 0.255 e. The van der Waals surface area contributed by atoms with Gasteiger partial charge in [0.05, 0.1) is 9.63 Å². The Labute approximate surface area is 90.4 Å². The fourth-order valence-corrected chi connectivity index (χ4v) is 1.64. The van der Waals surface area contributed by atoms with Crippen LogP contribution in [0.15, 0.2) is 48.6 Å². The van der Waals surface area contributed by atoms with Crippen LogP contribution in [-0.2, 0) is 0 Å². The molecule has 72 valence electrons. The van der Waals surface area contributed by atoms with Crippen molar-refractivity contribution in [3.8, 4) is 0 Å². The molecule has 0 aliphatic rings. The van der Waals surface area contributed by atoms with Gasteiger partial charge >= 0.3 is 0 Å². The van der Waals surface area contributed by atoms with Gasteiger partial charge in [-0.15, -0.1) is 0 Å². The summed E-state index contributed by atoms with van der Waals surface area (Å²) in [4.78, 5) is 4.09.